The quantitative estimate of drug-likeness (QED) is 0.892. The van der Waals surface area contributed by atoms with Gasteiger partial charge in [-0.15, -0.1) is 11.3 Å². The number of amides is 1. The molecule has 0 saturated heterocycles. The van der Waals surface area contributed by atoms with Gasteiger partial charge in [0.15, 0.2) is 0 Å². The summed E-state index contributed by atoms with van der Waals surface area (Å²) in [6, 6.07) is 2.74. The van der Waals surface area contributed by atoms with Crippen molar-refractivity contribution in [2.45, 2.75) is 13.1 Å². The number of nitrogens with zero attached hydrogens (tertiary/aromatic N) is 1. The van der Waals surface area contributed by atoms with Gasteiger partial charge in [-0.05, 0) is 25.1 Å². The Kier molecular flexibility index (Phi) is 4.01. The van der Waals surface area contributed by atoms with Crippen LogP contribution in [0.4, 0.5) is 18.9 Å². The minimum atomic E-state index is -4.50. The Morgan fingerprint density at radius 3 is 2.65 bits per heavy atom. The topological polar surface area (TPSA) is 42.0 Å². The van der Waals surface area contributed by atoms with Crippen LogP contribution in [0.15, 0.2) is 23.7 Å². The number of nitrogens with one attached hydrogen (secondary N) is 1. The Balaban J connectivity index is 2.30. The van der Waals surface area contributed by atoms with Gasteiger partial charge >= 0.3 is 6.18 Å². The SMILES string of the molecule is Cc1scnc1C(=O)Nc1cc(C(F)(F)F)ccc1Cl. The fourth-order valence-corrected chi connectivity index (χ4v) is 2.24. The van der Waals surface area contributed by atoms with Crippen LogP contribution in [0.25, 0.3) is 0 Å². The average Bonchev–Trinajstić information content (AvgIpc) is 2.77. The summed E-state index contributed by atoms with van der Waals surface area (Å²) in [5.74, 6) is -0.593. The van der Waals surface area contributed by atoms with Crippen molar-refractivity contribution in [2.75, 3.05) is 5.32 Å². The molecule has 0 bridgehead atoms. The molecule has 1 amide bonds. The summed E-state index contributed by atoms with van der Waals surface area (Å²) in [6.45, 7) is 1.69. The van der Waals surface area contributed by atoms with Crippen molar-refractivity contribution < 1.29 is 18.0 Å². The van der Waals surface area contributed by atoms with Gasteiger partial charge in [-0.1, -0.05) is 11.6 Å². The lowest BCUT2D eigenvalue weighted by molar-refractivity contribution is -0.137. The fourth-order valence-electron chi connectivity index (χ4n) is 1.50. The van der Waals surface area contributed by atoms with Gasteiger partial charge in [-0.25, -0.2) is 4.98 Å². The lowest BCUT2D eigenvalue weighted by Gasteiger charge is -2.11. The Morgan fingerprint density at radius 2 is 2.10 bits per heavy atom. The number of halogens is 4. The van der Waals surface area contributed by atoms with Crippen molar-refractivity contribution in [3.63, 3.8) is 0 Å². The second kappa shape index (κ2) is 5.41. The lowest BCUT2D eigenvalue weighted by atomic mass is 10.2. The first-order valence-corrected chi connectivity index (χ1v) is 6.63. The summed E-state index contributed by atoms with van der Waals surface area (Å²) >= 11 is 7.06. The largest absolute Gasteiger partial charge is 0.416 e. The summed E-state index contributed by atoms with van der Waals surface area (Å²) < 4.78 is 37.8. The van der Waals surface area contributed by atoms with Crippen LogP contribution in [0.5, 0.6) is 0 Å². The van der Waals surface area contributed by atoms with E-state index in [2.05, 4.69) is 10.3 Å². The highest BCUT2D eigenvalue weighted by Gasteiger charge is 2.31. The summed E-state index contributed by atoms with van der Waals surface area (Å²) in [4.78, 5) is 16.4. The van der Waals surface area contributed by atoms with Gasteiger partial charge in [-0.2, -0.15) is 13.2 Å². The number of benzene rings is 1. The van der Waals surface area contributed by atoms with Gasteiger partial charge < -0.3 is 5.32 Å². The zero-order valence-electron chi connectivity index (χ0n) is 10.1. The maximum Gasteiger partial charge on any atom is 0.416 e. The predicted octanol–water partition coefficient (Wildman–Crippen LogP) is 4.38. The zero-order valence-corrected chi connectivity index (χ0v) is 11.7. The van der Waals surface area contributed by atoms with Crippen LogP contribution in [-0.4, -0.2) is 10.9 Å². The van der Waals surface area contributed by atoms with Gasteiger partial charge in [0.05, 0.1) is 21.8 Å². The molecule has 8 heteroatoms. The Hall–Kier alpha value is -1.60. The molecule has 0 fully saturated rings. The Bertz CT molecular complexity index is 654. The highest BCUT2D eigenvalue weighted by atomic mass is 35.5. The van der Waals surface area contributed by atoms with Crippen LogP contribution in [0.2, 0.25) is 5.02 Å². The molecule has 1 heterocycles. The molecule has 0 atom stereocenters. The van der Waals surface area contributed by atoms with E-state index < -0.39 is 17.6 Å². The van der Waals surface area contributed by atoms with Crippen LogP contribution in [0.1, 0.15) is 20.9 Å². The summed E-state index contributed by atoms with van der Waals surface area (Å²) in [5, 5.41) is 2.37. The first-order chi connectivity index (χ1) is 9.29. The molecule has 2 rings (SSSR count). The van der Waals surface area contributed by atoms with Gasteiger partial charge in [0, 0.05) is 4.88 Å². The number of thiazole rings is 1. The molecule has 1 aromatic heterocycles. The van der Waals surface area contributed by atoms with Gasteiger partial charge in [0.2, 0.25) is 0 Å². The highest BCUT2D eigenvalue weighted by molar-refractivity contribution is 7.09. The molecular weight excluding hydrogens is 313 g/mol. The minimum Gasteiger partial charge on any atom is -0.319 e. The maximum atomic E-state index is 12.6. The third kappa shape index (κ3) is 3.10. The number of aromatic nitrogens is 1. The normalized spacial score (nSPS) is 11.4. The van der Waals surface area contributed by atoms with Crippen LogP contribution >= 0.6 is 22.9 Å². The third-order valence-electron chi connectivity index (χ3n) is 2.50. The summed E-state index contributed by atoms with van der Waals surface area (Å²) in [6.07, 6.45) is -4.50. The lowest BCUT2D eigenvalue weighted by Crippen LogP contribution is -2.15. The number of hydrogen-bond acceptors (Lipinski definition) is 3. The third-order valence-corrected chi connectivity index (χ3v) is 3.59. The molecule has 0 aliphatic heterocycles. The number of carbonyl (C=O) groups is 1. The number of anilines is 1. The van der Waals surface area contributed by atoms with Gasteiger partial charge in [0.1, 0.15) is 5.69 Å². The molecule has 106 valence electrons. The summed E-state index contributed by atoms with van der Waals surface area (Å²) in [5.41, 5.74) is 0.674. The van der Waals surface area contributed by atoms with E-state index in [1.807, 2.05) is 0 Å². The number of aryl methyl sites for hydroxylation is 1. The molecule has 0 radical (unpaired) electrons. The van der Waals surface area contributed by atoms with Crippen LogP contribution in [-0.2, 0) is 6.18 Å². The molecule has 1 aromatic carbocycles. The van der Waals surface area contributed by atoms with E-state index in [9.17, 15) is 18.0 Å². The van der Waals surface area contributed by atoms with Gasteiger partial charge in [0.25, 0.3) is 5.91 Å². The van der Waals surface area contributed by atoms with E-state index in [1.165, 1.54) is 16.8 Å². The first-order valence-electron chi connectivity index (χ1n) is 5.37. The molecule has 0 unspecified atom stereocenters. The molecule has 0 aliphatic rings. The van der Waals surface area contributed by atoms with Crippen molar-refractivity contribution in [2.24, 2.45) is 0 Å². The molecule has 1 N–H and O–H groups in total. The molecule has 0 spiro atoms. The van der Waals surface area contributed by atoms with Crippen LogP contribution in [0.3, 0.4) is 0 Å². The van der Waals surface area contributed by atoms with Crippen molar-refractivity contribution >= 4 is 34.5 Å². The predicted molar refractivity (Wildman–Crippen MR) is 71.3 cm³/mol. The summed E-state index contributed by atoms with van der Waals surface area (Å²) in [7, 11) is 0. The Labute approximate surface area is 121 Å². The zero-order chi connectivity index (χ0) is 14.9. The van der Waals surface area contributed by atoms with E-state index >= 15 is 0 Å². The van der Waals surface area contributed by atoms with Crippen molar-refractivity contribution in [1.29, 1.82) is 0 Å². The number of rotatable bonds is 2. The minimum absolute atomic E-state index is 0.0271. The molecule has 3 nitrogen and oxygen atoms in total. The monoisotopic (exact) mass is 320 g/mol. The average molecular weight is 321 g/mol. The van der Waals surface area contributed by atoms with E-state index in [1.54, 1.807) is 6.92 Å². The highest BCUT2D eigenvalue weighted by Crippen LogP contribution is 2.34. The standard InChI is InChI=1S/C12H8ClF3N2OS/c1-6-10(17-5-20-6)11(19)18-9-4-7(12(14,15)16)2-3-8(9)13/h2-5H,1H3,(H,18,19). The number of hydrogen-bond donors (Lipinski definition) is 1. The second-order valence-corrected chi connectivity index (χ2v) is 5.37. The Morgan fingerprint density at radius 1 is 1.40 bits per heavy atom. The molecular formula is C12H8ClF3N2OS. The molecule has 0 aliphatic carbocycles. The van der Waals surface area contributed by atoms with Gasteiger partial charge in [-0.3, -0.25) is 4.79 Å². The van der Waals surface area contributed by atoms with E-state index in [0.29, 0.717) is 4.88 Å². The van der Waals surface area contributed by atoms with Crippen molar-refractivity contribution in [1.82, 2.24) is 4.98 Å². The second-order valence-electron chi connectivity index (χ2n) is 3.90. The van der Waals surface area contributed by atoms with Crippen molar-refractivity contribution in [3.05, 3.63) is 44.9 Å². The molecule has 0 saturated carbocycles. The van der Waals surface area contributed by atoms with Crippen molar-refractivity contribution in [3.8, 4) is 0 Å². The fraction of sp³-hybridized carbons (Fsp3) is 0.167. The molecule has 2 aromatic rings. The smallest absolute Gasteiger partial charge is 0.319 e. The van der Waals surface area contributed by atoms with E-state index in [0.717, 1.165) is 18.2 Å². The van der Waals surface area contributed by atoms with E-state index in [-0.39, 0.29) is 16.4 Å². The van der Waals surface area contributed by atoms with Crippen LogP contribution < -0.4 is 5.32 Å². The van der Waals surface area contributed by atoms with Crippen LogP contribution in [0, 0.1) is 6.92 Å². The number of alkyl halides is 3. The molecule has 20 heavy (non-hydrogen) atoms. The number of carbonyl (C=O) groups excluding carboxylic acids is 1. The first kappa shape index (κ1) is 14.8. The maximum absolute atomic E-state index is 12.6. The van der Waals surface area contributed by atoms with E-state index in [4.69, 9.17) is 11.6 Å².